The molecule has 0 spiro atoms. The number of nitrogens with one attached hydrogen (secondary N) is 1. The van der Waals surface area contributed by atoms with Gasteiger partial charge in [0.25, 0.3) is 0 Å². The average molecular weight is 426 g/mol. The van der Waals surface area contributed by atoms with Gasteiger partial charge in [-0.3, -0.25) is 4.68 Å². The zero-order valence-corrected chi connectivity index (χ0v) is 17.5. The van der Waals surface area contributed by atoms with Gasteiger partial charge < -0.3 is 24.6 Å². The van der Waals surface area contributed by atoms with Crippen molar-refractivity contribution in [2.75, 3.05) is 46.6 Å². The second kappa shape index (κ2) is 12.4. The van der Waals surface area contributed by atoms with Gasteiger partial charge in [-0.2, -0.15) is 0 Å². The summed E-state index contributed by atoms with van der Waals surface area (Å²) in [5.41, 5.74) is 1.25. The Morgan fingerprint density at radius 1 is 1.41 bits per heavy atom. The van der Waals surface area contributed by atoms with Crippen molar-refractivity contribution in [3.63, 3.8) is 0 Å². The van der Waals surface area contributed by atoms with E-state index in [-0.39, 0.29) is 11.6 Å². The number of carbonyl (C=O) groups is 1. The monoisotopic (exact) mass is 425 g/mol. The molecule has 1 fully saturated rings. The lowest BCUT2D eigenvalue weighted by atomic mass is 10.1. The molecule has 0 bridgehead atoms. The standard InChI is InChI=1S/C13H21N3O5.C7H7Cl/c1-19-4-5-21-12-6-11(13(17)18)16(15-12)8-10-7-14-2-3-20-9-10;1-6-4-2-3-5-7(6)8/h6,10,14H,2-5,7-9H2,1H3,(H,17,18);2-5H,1H3. The number of nitrogens with zero attached hydrogens (tertiary/aromatic N) is 2. The number of halogens is 1. The van der Waals surface area contributed by atoms with Crippen LogP contribution < -0.4 is 10.1 Å². The first-order chi connectivity index (χ1) is 14.0. The third-order valence-corrected chi connectivity index (χ3v) is 4.66. The fourth-order valence-corrected chi connectivity index (χ4v) is 2.81. The minimum absolute atomic E-state index is 0.117. The van der Waals surface area contributed by atoms with Gasteiger partial charge in [-0.15, -0.1) is 5.10 Å². The first-order valence-corrected chi connectivity index (χ1v) is 9.81. The maximum absolute atomic E-state index is 11.3. The van der Waals surface area contributed by atoms with E-state index in [0.717, 1.165) is 23.7 Å². The zero-order chi connectivity index (χ0) is 21.1. The van der Waals surface area contributed by atoms with Gasteiger partial charge >= 0.3 is 5.97 Å². The summed E-state index contributed by atoms with van der Waals surface area (Å²) in [4.78, 5) is 11.3. The Hall–Kier alpha value is -2.13. The SMILES string of the molecule is COCCOc1cc(C(=O)O)n(CC2CNCCOC2)n1.Cc1ccccc1Cl. The largest absolute Gasteiger partial charge is 0.477 e. The van der Waals surface area contributed by atoms with Gasteiger partial charge in [-0.05, 0) is 18.6 Å². The number of hydrogen-bond donors (Lipinski definition) is 2. The fraction of sp³-hybridized carbons (Fsp3) is 0.500. The van der Waals surface area contributed by atoms with Crippen molar-refractivity contribution >= 4 is 17.6 Å². The van der Waals surface area contributed by atoms with E-state index in [1.54, 1.807) is 7.11 Å². The summed E-state index contributed by atoms with van der Waals surface area (Å²) in [5.74, 6) is -0.545. The van der Waals surface area contributed by atoms with Gasteiger partial charge in [0.15, 0.2) is 0 Å². The number of rotatable bonds is 7. The van der Waals surface area contributed by atoms with Crippen LogP contribution in [0.5, 0.6) is 5.88 Å². The Balaban J connectivity index is 0.000000313. The second-order valence-electron chi connectivity index (χ2n) is 6.59. The Bertz CT molecular complexity index is 739. The van der Waals surface area contributed by atoms with E-state index in [4.69, 9.17) is 25.8 Å². The van der Waals surface area contributed by atoms with Crippen LogP contribution in [0.2, 0.25) is 5.02 Å². The second-order valence-corrected chi connectivity index (χ2v) is 7.00. The van der Waals surface area contributed by atoms with E-state index in [1.165, 1.54) is 10.7 Å². The predicted octanol–water partition coefficient (Wildman–Crippen LogP) is 2.49. The number of carboxylic acids is 1. The molecule has 9 heteroatoms. The number of aromatic carboxylic acids is 1. The lowest BCUT2D eigenvalue weighted by molar-refractivity contribution is 0.0677. The van der Waals surface area contributed by atoms with Gasteiger partial charge in [-0.1, -0.05) is 29.8 Å². The quantitative estimate of drug-likeness (QED) is 0.658. The molecule has 0 saturated carbocycles. The predicted molar refractivity (Wildman–Crippen MR) is 110 cm³/mol. The molecule has 8 nitrogen and oxygen atoms in total. The Labute approximate surface area is 175 Å². The molecule has 0 amide bonds. The normalized spacial score (nSPS) is 16.4. The summed E-state index contributed by atoms with van der Waals surface area (Å²) >= 11 is 5.71. The molecular formula is C20H28ClN3O5. The van der Waals surface area contributed by atoms with Gasteiger partial charge in [0, 0.05) is 43.8 Å². The van der Waals surface area contributed by atoms with Crippen molar-refractivity contribution in [2.24, 2.45) is 5.92 Å². The summed E-state index contributed by atoms with van der Waals surface area (Å²) in [6, 6.07) is 9.21. The number of aromatic nitrogens is 2. The molecule has 1 aliphatic rings. The van der Waals surface area contributed by atoms with Gasteiger partial charge in [0.1, 0.15) is 12.3 Å². The van der Waals surface area contributed by atoms with Crippen molar-refractivity contribution in [1.29, 1.82) is 0 Å². The van der Waals surface area contributed by atoms with E-state index in [0.29, 0.717) is 38.9 Å². The molecule has 0 radical (unpaired) electrons. The highest BCUT2D eigenvalue weighted by atomic mass is 35.5. The number of aryl methyl sites for hydroxylation is 1. The topological polar surface area (TPSA) is 94.8 Å². The van der Waals surface area contributed by atoms with Crippen molar-refractivity contribution in [2.45, 2.75) is 13.5 Å². The minimum atomic E-state index is -1.02. The van der Waals surface area contributed by atoms with E-state index < -0.39 is 5.97 Å². The molecule has 0 aliphatic carbocycles. The fourth-order valence-electron chi connectivity index (χ4n) is 2.68. The van der Waals surface area contributed by atoms with E-state index in [9.17, 15) is 9.90 Å². The van der Waals surface area contributed by atoms with Crippen molar-refractivity contribution < 1.29 is 24.1 Å². The molecule has 2 aromatic rings. The summed E-state index contributed by atoms with van der Waals surface area (Å²) in [6.07, 6.45) is 0. The lowest BCUT2D eigenvalue weighted by Gasteiger charge is -2.14. The van der Waals surface area contributed by atoms with Gasteiger partial charge in [-0.25, -0.2) is 4.79 Å². The van der Waals surface area contributed by atoms with Crippen LogP contribution in [0.15, 0.2) is 30.3 Å². The van der Waals surface area contributed by atoms with Crippen LogP contribution in [0.4, 0.5) is 0 Å². The number of methoxy groups -OCH3 is 1. The molecule has 2 N–H and O–H groups in total. The summed E-state index contributed by atoms with van der Waals surface area (Å²) < 4.78 is 17.2. The van der Waals surface area contributed by atoms with E-state index in [1.807, 2.05) is 31.2 Å². The Morgan fingerprint density at radius 3 is 2.86 bits per heavy atom. The Kier molecular flexibility index (Phi) is 9.93. The average Bonchev–Trinajstić information content (AvgIpc) is 2.92. The first-order valence-electron chi connectivity index (χ1n) is 9.43. The molecule has 2 heterocycles. The molecule has 29 heavy (non-hydrogen) atoms. The van der Waals surface area contributed by atoms with E-state index >= 15 is 0 Å². The molecule has 1 aliphatic heterocycles. The van der Waals surface area contributed by atoms with Gasteiger partial charge in [0.2, 0.25) is 5.88 Å². The summed E-state index contributed by atoms with van der Waals surface area (Å²) in [5, 5.41) is 17.5. The molecule has 1 atom stereocenters. The van der Waals surface area contributed by atoms with Crippen LogP contribution in [-0.4, -0.2) is 67.5 Å². The van der Waals surface area contributed by atoms with E-state index in [2.05, 4.69) is 10.4 Å². The highest BCUT2D eigenvalue weighted by Gasteiger charge is 2.20. The third-order valence-electron chi connectivity index (χ3n) is 4.23. The molecule has 1 unspecified atom stereocenters. The Morgan fingerprint density at radius 2 is 2.21 bits per heavy atom. The molecule has 1 saturated heterocycles. The number of carboxylic acid groups (broad SMARTS) is 1. The minimum Gasteiger partial charge on any atom is -0.477 e. The maximum atomic E-state index is 11.3. The van der Waals surface area contributed by atoms with Crippen molar-refractivity contribution in [1.82, 2.24) is 15.1 Å². The van der Waals surface area contributed by atoms with Crippen molar-refractivity contribution in [3.05, 3.63) is 46.6 Å². The molecule has 160 valence electrons. The van der Waals surface area contributed by atoms with Crippen LogP contribution >= 0.6 is 11.6 Å². The summed E-state index contributed by atoms with van der Waals surface area (Å²) in [6.45, 7) is 6.07. The molecule has 1 aromatic carbocycles. The van der Waals surface area contributed by atoms with Crippen LogP contribution in [0.3, 0.4) is 0 Å². The highest BCUT2D eigenvalue weighted by Crippen LogP contribution is 2.15. The zero-order valence-electron chi connectivity index (χ0n) is 16.8. The number of benzene rings is 1. The number of ether oxygens (including phenoxy) is 3. The van der Waals surface area contributed by atoms with Crippen LogP contribution in [0, 0.1) is 12.8 Å². The highest BCUT2D eigenvalue weighted by molar-refractivity contribution is 6.31. The summed E-state index contributed by atoms with van der Waals surface area (Å²) in [7, 11) is 1.57. The first kappa shape index (κ1) is 23.2. The maximum Gasteiger partial charge on any atom is 0.354 e. The van der Waals surface area contributed by atoms with Gasteiger partial charge in [0.05, 0.1) is 19.8 Å². The van der Waals surface area contributed by atoms with Crippen LogP contribution in [0.1, 0.15) is 16.1 Å². The molecular weight excluding hydrogens is 398 g/mol. The smallest absolute Gasteiger partial charge is 0.354 e. The third kappa shape index (κ3) is 8.02. The van der Waals surface area contributed by atoms with Crippen LogP contribution in [0.25, 0.3) is 0 Å². The van der Waals surface area contributed by atoms with Crippen molar-refractivity contribution in [3.8, 4) is 5.88 Å². The molecule has 1 aromatic heterocycles. The lowest BCUT2D eigenvalue weighted by Crippen LogP contribution is -2.27. The number of hydrogen-bond acceptors (Lipinski definition) is 6. The van der Waals surface area contributed by atoms with Crippen LogP contribution in [-0.2, 0) is 16.0 Å². The molecule has 3 rings (SSSR count).